The van der Waals surface area contributed by atoms with Crippen LogP contribution in [0.5, 0.6) is 5.75 Å². The van der Waals surface area contributed by atoms with Gasteiger partial charge in [-0.3, -0.25) is 9.20 Å². The molecule has 8 nitrogen and oxygen atoms in total. The van der Waals surface area contributed by atoms with Gasteiger partial charge >= 0.3 is 0 Å². The van der Waals surface area contributed by atoms with Gasteiger partial charge in [0.25, 0.3) is 5.56 Å². The molecule has 1 N–H and O–H groups in total. The van der Waals surface area contributed by atoms with E-state index in [-0.39, 0.29) is 28.4 Å². The molecule has 30 heavy (non-hydrogen) atoms. The van der Waals surface area contributed by atoms with Crippen LogP contribution in [0.25, 0.3) is 16.8 Å². The summed E-state index contributed by atoms with van der Waals surface area (Å²) in [5.41, 5.74) is 1.39. The number of ether oxygens (including phenoxy) is 1. The largest absolute Gasteiger partial charge is 0.490 e. The van der Waals surface area contributed by atoms with E-state index in [1.165, 1.54) is 17.1 Å². The molecule has 1 saturated carbocycles. The number of hydrogen-bond donors (Lipinski definition) is 1. The summed E-state index contributed by atoms with van der Waals surface area (Å²) in [4.78, 5) is 16.7. The summed E-state index contributed by atoms with van der Waals surface area (Å²) in [6, 6.07) is 4.84. The molecule has 1 fully saturated rings. The van der Waals surface area contributed by atoms with Crippen molar-refractivity contribution in [2.75, 3.05) is 5.75 Å². The van der Waals surface area contributed by atoms with Crippen LogP contribution in [0.15, 0.2) is 46.6 Å². The second-order valence-electron chi connectivity index (χ2n) is 7.69. The first-order valence-corrected chi connectivity index (χ1v) is 11.7. The first-order valence-electron chi connectivity index (χ1n) is 10.0. The predicted octanol–water partition coefficient (Wildman–Crippen LogP) is 2.18. The quantitative estimate of drug-likeness (QED) is 0.664. The van der Waals surface area contributed by atoms with Crippen molar-refractivity contribution in [3.8, 4) is 17.0 Å². The van der Waals surface area contributed by atoms with Gasteiger partial charge in [0.15, 0.2) is 9.84 Å². The Balaban J connectivity index is 1.88. The van der Waals surface area contributed by atoms with Crippen molar-refractivity contribution >= 4 is 15.4 Å². The topological polar surface area (TPSA) is 103 Å². The van der Waals surface area contributed by atoms with Crippen LogP contribution in [0.4, 0.5) is 0 Å². The third kappa shape index (κ3) is 3.75. The minimum Gasteiger partial charge on any atom is -0.490 e. The molecule has 9 heteroatoms. The maximum absolute atomic E-state index is 12.5. The SMILES string of the molecule is CCS(=O)(=O)c1ccc(O[C@H]2CC[C@H](O)CC2)c(-c2cn(C)c(=O)c3cncn23)c1. The van der Waals surface area contributed by atoms with Crippen LogP contribution < -0.4 is 10.3 Å². The number of aromatic nitrogens is 3. The minimum absolute atomic E-state index is 0.0130. The van der Waals surface area contributed by atoms with E-state index in [1.54, 1.807) is 42.8 Å². The maximum Gasteiger partial charge on any atom is 0.276 e. The number of aryl methyl sites for hydroxylation is 1. The van der Waals surface area contributed by atoms with Crippen LogP contribution in [0.3, 0.4) is 0 Å². The van der Waals surface area contributed by atoms with E-state index in [0.29, 0.717) is 35.4 Å². The number of hydrogen-bond acceptors (Lipinski definition) is 6. The average Bonchev–Trinajstić information content (AvgIpc) is 3.23. The van der Waals surface area contributed by atoms with E-state index in [0.717, 1.165) is 12.8 Å². The Labute approximate surface area is 174 Å². The van der Waals surface area contributed by atoms with Crippen LogP contribution >= 0.6 is 0 Å². The molecule has 2 aromatic heterocycles. The Bertz CT molecular complexity index is 1240. The number of rotatable bonds is 5. The van der Waals surface area contributed by atoms with Crippen molar-refractivity contribution < 1.29 is 18.3 Å². The molecule has 4 rings (SSSR count). The standard InChI is InChI=1S/C21H25N3O5S/c1-3-30(27,28)16-8-9-20(29-15-6-4-14(25)5-7-15)17(10-16)19-12-23(2)21(26)18-11-22-13-24(18)19/h8-15,25H,3-7H2,1-2H3/t14-,15-. The van der Waals surface area contributed by atoms with E-state index in [4.69, 9.17) is 4.74 Å². The molecule has 0 bridgehead atoms. The fraction of sp³-hybridized carbons (Fsp3) is 0.429. The van der Waals surface area contributed by atoms with Gasteiger partial charge in [0.1, 0.15) is 11.3 Å². The fourth-order valence-corrected chi connectivity index (χ4v) is 4.75. The van der Waals surface area contributed by atoms with Crippen molar-refractivity contribution in [3.63, 3.8) is 0 Å². The lowest BCUT2D eigenvalue weighted by molar-refractivity contribution is 0.0668. The van der Waals surface area contributed by atoms with Crippen LogP contribution in [0.2, 0.25) is 0 Å². The Morgan fingerprint density at radius 1 is 1.23 bits per heavy atom. The van der Waals surface area contributed by atoms with Crippen molar-refractivity contribution in [1.29, 1.82) is 0 Å². The number of nitrogens with zero attached hydrogens (tertiary/aromatic N) is 3. The molecule has 1 aliphatic carbocycles. The van der Waals surface area contributed by atoms with Crippen molar-refractivity contribution in [2.24, 2.45) is 7.05 Å². The summed E-state index contributed by atoms with van der Waals surface area (Å²) in [5.74, 6) is 0.529. The van der Waals surface area contributed by atoms with Crippen LogP contribution in [-0.4, -0.2) is 45.4 Å². The number of benzene rings is 1. The van der Waals surface area contributed by atoms with E-state index in [2.05, 4.69) is 4.98 Å². The number of sulfone groups is 1. The fourth-order valence-electron chi connectivity index (χ4n) is 3.84. The molecule has 0 spiro atoms. The second kappa shape index (κ2) is 7.88. The third-order valence-electron chi connectivity index (χ3n) is 5.66. The number of aliphatic hydroxyl groups is 1. The molecular weight excluding hydrogens is 406 g/mol. The van der Waals surface area contributed by atoms with E-state index < -0.39 is 9.84 Å². The Hall–Kier alpha value is -2.65. The Morgan fingerprint density at radius 3 is 2.67 bits per heavy atom. The van der Waals surface area contributed by atoms with Gasteiger partial charge in [-0.2, -0.15) is 0 Å². The average molecular weight is 432 g/mol. The van der Waals surface area contributed by atoms with Crippen molar-refractivity contribution in [3.05, 3.63) is 47.3 Å². The highest BCUT2D eigenvalue weighted by molar-refractivity contribution is 7.91. The molecule has 2 heterocycles. The molecule has 1 aliphatic rings. The third-order valence-corrected chi connectivity index (χ3v) is 7.39. The molecule has 0 unspecified atom stereocenters. The van der Waals surface area contributed by atoms with Gasteiger partial charge in [0.05, 0.1) is 41.1 Å². The molecule has 0 amide bonds. The van der Waals surface area contributed by atoms with E-state index >= 15 is 0 Å². The zero-order valence-electron chi connectivity index (χ0n) is 17.0. The first-order chi connectivity index (χ1) is 14.3. The molecule has 0 saturated heterocycles. The molecule has 3 aromatic rings. The summed E-state index contributed by atoms with van der Waals surface area (Å²) in [5, 5.41) is 9.77. The number of imidazole rings is 1. The molecule has 0 radical (unpaired) electrons. The highest BCUT2D eigenvalue weighted by Crippen LogP contribution is 2.35. The normalized spacial score (nSPS) is 19.8. The van der Waals surface area contributed by atoms with Gasteiger partial charge in [0, 0.05) is 18.8 Å². The lowest BCUT2D eigenvalue weighted by Gasteiger charge is -2.27. The van der Waals surface area contributed by atoms with Crippen LogP contribution in [0.1, 0.15) is 32.6 Å². The van der Waals surface area contributed by atoms with Gasteiger partial charge in [-0.15, -0.1) is 0 Å². The van der Waals surface area contributed by atoms with Crippen molar-refractivity contribution in [1.82, 2.24) is 14.0 Å². The van der Waals surface area contributed by atoms with Crippen LogP contribution in [-0.2, 0) is 16.9 Å². The number of fused-ring (bicyclic) bond motifs is 1. The molecule has 0 aliphatic heterocycles. The smallest absolute Gasteiger partial charge is 0.276 e. The van der Waals surface area contributed by atoms with Gasteiger partial charge in [0.2, 0.25) is 0 Å². The zero-order chi connectivity index (χ0) is 21.5. The predicted molar refractivity (Wildman–Crippen MR) is 112 cm³/mol. The van der Waals surface area contributed by atoms with E-state index in [9.17, 15) is 18.3 Å². The van der Waals surface area contributed by atoms with Gasteiger partial charge in [-0.1, -0.05) is 6.92 Å². The Morgan fingerprint density at radius 2 is 1.97 bits per heavy atom. The molecule has 1 aromatic carbocycles. The minimum atomic E-state index is -3.43. The van der Waals surface area contributed by atoms with Gasteiger partial charge < -0.3 is 14.4 Å². The lowest BCUT2D eigenvalue weighted by atomic mass is 9.95. The summed E-state index contributed by atoms with van der Waals surface area (Å²) >= 11 is 0. The molecular formula is C21H25N3O5S. The first kappa shape index (κ1) is 20.6. The van der Waals surface area contributed by atoms with Crippen LogP contribution in [0, 0.1) is 0 Å². The van der Waals surface area contributed by atoms with Gasteiger partial charge in [-0.05, 0) is 43.9 Å². The summed E-state index contributed by atoms with van der Waals surface area (Å²) in [7, 11) is -1.78. The highest BCUT2D eigenvalue weighted by Gasteiger charge is 2.24. The Kier molecular flexibility index (Phi) is 5.42. The zero-order valence-corrected chi connectivity index (χ0v) is 17.8. The summed E-state index contributed by atoms with van der Waals surface area (Å²) in [6.45, 7) is 1.60. The summed E-state index contributed by atoms with van der Waals surface area (Å²) in [6.07, 6.45) is 7.12. The summed E-state index contributed by atoms with van der Waals surface area (Å²) < 4.78 is 34.4. The monoisotopic (exact) mass is 431 g/mol. The highest BCUT2D eigenvalue weighted by atomic mass is 32.2. The second-order valence-corrected chi connectivity index (χ2v) is 9.97. The molecule has 160 valence electrons. The lowest BCUT2D eigenvalue weighted by Crippen LogP contribution is -2.26. The molecule has 0 atom stereocenters. The van der Waals surface area contributed by atoms with E-state index in [1.807, 2.05) is 0 Å². The number of aliphatic hydroxyl groups excluding tert-OH is 1. The van der Waals surface area contributed by atoms with Gasteiger partial charge in [-0.25, -0.2) is 13.4 Å². The maximum atomic E-state index is 12.5. The van der Waals surface area contributed by atoms with Crippen molar-refractivity contribution in [2.45, 2.75) is 49.7 Å².